The van der Waals surface area contributed by atoms with Crippen LogP contribution < -0.4 is 9.47 Å². The Hall–Kier alpha value is -1.99. The predicted octanol–water partition coefficient (Wildman–Crippen LogP) is 2.31. The summed E-state index contributed by atoms with van der Waals surface area (Å²) in [5, 5.41) is 0.805. The van der Waals surface area contributed by atoms with E-state index in [0.717, 1.165) is 49.2 Å². The first-order valence-electron chi connectivity index (χ1n) is 8.36. The molecule has 0 bridgehead atoms. The standard InChI is InChI=1S/C18H23N3O3S/c1-4-20-7-9-21(10-8-20)18-19-17(22)16(25-18)11-13-5-6-14(23-2)12-15(13)24-3/h5-6,11-12H,4,7-10H2,1-3H3. The van der Waals surface area contributed by atoms with Gasteiger partial charge in [0.2, 0.25) is 0 Å². The molecular formula is C18H23N3O3S. The molecule has 2 heterocycles. The Morgan fingerprint density at radius 1 is 1.20 bits per heavy atom. The molecule has 0 N–H and O–H groups in total. The second kappa shape index (κ2) is 7.93. The van der Waals surface area contributed by atoms with Crippen LogP contribution in [0.25, 0.3) is 6.08 Å². The average molecular weight is 361 g/mol. The molecule has 1 amide bonds. The molecule has 134 valence electrons. The number of carbonyl (C=O) groups is 1. The third-order valence-corrected chi connectivity index (χ3v) is 5.47. The number of nitrogens with zero attached hydrogens (tertiary/aromatic N) is 3. The van der Waals surface area contributed by atoms with Gasteiger partial charge >= 0.3 is 0 Å². The summed E-state index contributed by atoms with van der Waals surface area (Å²) in [5.74, 6) is 1.20. The minimum atomic E-state index is -0.184. The van der Waals surface area contributed by atoms with E-state index in [1.807, 2.05) is 24.3 Å². The summed E-state index contributed by atoms with van der Waals surface area (Å²) in [6.45, 7) is 7.07. The molecule has 25 heavy (non-hydrogen) atoms. The molecule has 1 saturated heterocycles. The van der Waals surface area contributed by atoms with Gasteiger partial charge in [-0.1, -0.05) is 6.92 Å². The van der Waals surface area contributed by atoms with Crippen molar-refractivity contribution >= 4 is 28.9 Å². The SMILES string of the molecule is CCN1CCN(C2=NC(=O)C(=Cc3ccc(OC)cc3OC)S2)CC1. The number of piperazine rings is 1. The summed E-state index contributed by atoms with van der Waals surface area (Å²) >= 11 is 1.44. The Kier molecular flexibility index (Phi) is 5.65. The maximum absolute atomic E-state index is 12.3. The van der Waals surface area contributed by atoms with Crippen molar-refractivity contribution in [2.75, 3.05) is 46.9 Å². The number of rotatable bonds is 4. The van der Waals surface area contributed by atoms with Crippen molar-refractivity contribution in [1.29, 1.82) is 0 Å². The van der Waals surface area contributed by atoms with Gasteiger partial charge < -0.3 is 19.3 Å². The minimum absolute atomic E-state index is 0.184. The molecule has 2 aliphatic heterocycles. The van der Waals surface area contributed by atoms with Gasteiger partial charge in [-0.25, -0.2) is 0 Å². The van der Waals surface area contributed by atoms with Crippen LogP contribution in [0.1, 0.15) is 12.5 Å². The molecule has 0 atom stereocenters. The van der Waals surface area contributed by atoms with E-state index in [2.05, 4.69) is 21.7 Å². The highest BCUT2D eigenvalue weighted by Crippen LogP contribution is 2.33. The Balaban J connectivity index is 1.73. The maximum atomic E-state index is 12.3. The van der Waals surface area contributed by atoms with Crippen molar-refractivity contribution in [3.63, 3.8) is 0 Å². The predicted molar refractivity (Wildman–Crippen MR) is 101 cm³/mol. The van der Waals surface area contributed by atoms with E-state index in [1.165, 1.54) is 11.8 Å². The molecule has 0 aliphatic carbocycles. The lowest BCUT2D eigenvalue weighted by Gasteiger charge is -2.34. The van der Waals surface area contributed by atoms with Crippen LogP contribution in [0.3, 0.4) is 0 Å². The highest BCUT2D eigenvalue weighted by Gasteiger charge is 2.28. The summed E-state index contributed by atoms with van der Waals surface area (Å²) < 4.78 is 10.6. The minimum Gasteiger partial charge on any atom is -0.497 e. The molecular weight excluding hydrogens is 338 g/mol. The van der Waals surface area contributed by atoms with Crippen molar-refractivity contribution < 1.29 is 14.3 Å². The van der Waals surface area contributed by atoms with Crippen molar-refractivity contribution in [3.05, 3.63) is 28.7 Å². The third-order valence-electron chi connectivity index (χ3n) is 4.43. The van der Waals surface area contributed by atoms with Gasteiger partial charge in [-0.3, -0.25) is 4.79 Å². The van der Waals surface area contributed by atoms with Crippen LogP contribution in [0.5, 0.6) is 11.5 Å². The summed E-state index contributed by atoms with van der Waals surface area (Å²) in [6, 6.07) is 5.55. The molecule has 0 unspecified atom stereocenters. The van der Waals surface area contributed by atoms with Crippen LogP contribution in [0.15, 0.2) is 28.1 Å². The van der Waals surface area contributed by atoms with Crippen molar-refractivity contribution in [2.24, 2.45) is 4.99 Å². The molecule has 1 aromatic rings. The summed E-state index contributed by atoms with van der Waals surface area (Å²) in [4.78, 5) is 21.8. The lowest BCUT2D eigenvalue weighted by Crippen LogP contribution is -2.47. The van der Waals surface area contributed by atoms with Gasteiger partial charge in [-0.15, -0.1) is 0 Å². The molecule has 6 nitrogen and oxygen atoms in total. The molecule has 0 aromatic heterocycles. The first-order valence-corrected chi connectivity index (χ1v) is 9.18. The third kappa shape index (κ3) is 3.99. The second-order valence-electron chi connectivity index (χ2n) is 5.84. The molecule has 3 rings (SSSR count). The fraction of sp³-hybridized carbons (Fsp3) is 0.444. The quantitative estimate of drug-likeness (QED) is 0.767. The van der Waals surface area contributed by atoms with Crippen LogP contribution in [-0.2, 0) is 4.79 Å². The molecule has 7 heteroatoms. The number of likely N-dealkylation sites (N-methyl/N-ethyl adjacent to an activating group) is 1. The molecule has 0 spiro atoms. The largest absolute Gasteiger partial charge is 0.497 e. The van der Waals surface area contributed by atoms with Gasteiger partial charge in [0.05, 0.1) is 19.1 Å². The van der Waals surface area contributed by atoms with E-state index in [4.69, 9.17) is 9.47 Å². The van der Waals surface area contributed by atoms with Gasteiger partial charge in [0.25, 0.3) is 5.91 Å². The number of thioether (sulfide) groups is 1. The normalized spacial score (nSPS) is 20.1. The average Bonchev–Trinajstić information content (AvgIpc) is 3.02. The number of hydrogen-bond donors (Lipinski definition) is 0. The van der Waals surface area contributed by atoms with Gasteiger partial charge in [-0.2, -0.15) is 4.99 Å². The highest BCUT2D eigenvalue weighted by atomic mass is 32.2. The first kappa shape index (κ1) is 17.8. The van der Waals surface area contributed by atoms with Crippen LogP contribution in [0, 0.1) is 0 Å². The molecule has 1 aromatic carbocycles. The van der Waals surface area contributed by atoms with Crippen LogP contribution in [-0.4, -0.2) is 67.8 Å². The van der Waals surface area contributed by atoms with E-state index >= 15 is 0 Å². The highest BCUT2D eigenvalue weighted by molar-refractivity contribution is 8.18. The Bertz CT molecular complexity index is 710. The van der Waals surface area contributed by atoms with E-state index in [-0.39, 0.29) is 5.91 Å². The van der Waals surface area contributed by atoms with Crippen LogP contribution in [0.4, 0.5) is 0 Å². The summed E-state index contributed by atoms with van der Waals surface area (Å²) in [5.41, 5.74) is 0.839. The Labute approximate surface area is 152 Å². The van der Waals surface area contributed by atoms with Gasteiger partial charge in [-0.05, 0) is 36.5 Å². The first-order chi connectivity index (χ1) is 12.1. The van der Waals surface area contributed by atoms with Crippen molar-refractivity contribution in [3.8, 4) is 11.5 Å². The second-order valence-corrected chi connectivity index (χ2v) is 6.85. The van der Waals surface area contributed by atoms with Gasteiger partial charge in [0.15, 0.2) is 5.17 Å². The summed E-state index contributed by atoms with van der Waals surface area (Å²) in [6.07, 6.45) is 1.84. The van der Waals surface area contributed by atoms with E-state index in [0.29, 0.717) is 10.7 Å². The monoisotopic (exact) mass is 361 g/mol. The Morgan fingerprint density at radius 2 is 1.96 bits per heavy atom. The number of amidine groups is 1. The maximum Gasteiger partial charge on any atom is 0.286 e. The van der Waals surface area contributed by atoms with Crippen molar-refractivity contribution in [2.45, 2.75) is 6.92 Å². The zero-order valence-corrected chi connectivity index (χ0v) is 15.6. The van der Waals surface area contributed by atoms with Gasteiger partial charge in [0, 0.05) is 37.8 Å². The number of carbonyl (C=O) groups excluding carboxylic acids is 1. The fourth-order valence-electron chi connectivity index (χ4n) is 2.87. The lowest BCUT2D eigenvalue weighted by molar-refractivity contribution is -0.113. The number of amides is 1. The van der Waals surface area contributed by atoms with Crippen LogP contribution in [0.2, 0.25) is 0 Å². The van der Waals surface area contributed by atoms with Gasteiger partial charge in [0.1, 0.15) is 11.5 Å². The molecule has 1 fully saturated rings. The number of benzene rings is 1. The number of aliphatic imine (C=N–C) groups is 1. The zero-order chi connectivity index (χ0) is 17.8. The fourth-order valence-corrected chi connectivity index (χ4v) is 3.82. The number of methoxy groups -OCH3 is 2. The van der Waals surface area contributed by atoms with E-state index < -0.39 is 0 Å². The van der Waals surface area contributed by atoms with E-state index in [1.54, 1.807) is 14.2 Å². The summed E-state index contributed by atoms with van der Waals surface area (Å²) in [7, 11) is 3.22. The molecule has 2 aliphatic rings. The number of hydrogen-bond acceptors (Lipinski definition) is 6. The lowest BCUT2D eigenvalue weighted by atomic mass is 10.1. The Morgan fingerprint density at radius 3 is 2.60 bits per heavy atom. The molecule has 0 radical (unpaired) electrons. The van der Waals surface area contributed by atoms with Crippen LogP contribution >= 0.6 is 11.8 Å². The topological polar surface area (TPSA) is 54.4 Å². The smallest absolute Gasteiger partial charge is 0.286 e. The zero-order valence-electron chi connectivity index (χ0n) is 14.8. The number of ether oxygens (including phenoxy) is 2. The van der Waals surface area contributed by atoms with E-state index in [9.17, 15) is 4.79 Å². The van der Waals surface area contributed by atoms with Crippen molar-refractivity contribution in [1.82, 2.24) is 9.80 Å². The molecule has 0 saturated carbocycles.